The zero-order valence-electron chi connectivity index (χ0n) is 15.6. The van der Waals surface area contributed by atoms with Gasteiger partial charge in [0.05, 0.1) is 6.61 Å². The summed E-state index contributed by atoms with van der Waals surface area (Å²) in [5, 5.41) is 5.06. The van der Waals surface area contributed by atoms with Crippen molar-refractivity contribution in [1.29, 1.82) is 0 Å². The first-order valence-corrected chi connectivity index (χ1v) is 7.92. The fraction of sp³-hybridized carbons (Fsp3) is 0.812. The van der Waals surface area contributed by atoms with Crippen molar-refractivity contribution in [1.82, 2.24) is 10.6 Å². The van der Waals surface area contributed by atoms with Crippen LogP contribution in [0.4, 0.5) is 4.79 Å². The fourth-order valence-corrected chi connectivity index (χ4v) is 1.77. The summed E-state index contributed by atoms with van der Waals surface area (Å²) in [6.45, 7) is 12.6. The van der Waals surface area contributed by atoms with Crippen molar-refractivity contribution < 1.29 is 23.9 Å². The third kappa shape index (κ3) is 11.1. The highest BCUT2D eigenvalue weighted by Crippen LogP contribution is 2.08. The van der Waals surface area contributed by atoms with E-state index in [0.29, 0.717) is 6.42 Å². The maximum atomic E-state index is 12.2. The van der Waals surface area contributed by atoms with E-state index in [9.17, 15) is 14.4 Å². The molecule has 0 unspecified atom stereocenters. The van der Waals surface area contributed by atoms with E-state index in [0.717, 1.165) is 0 Å². The predicted molar refractivity (Wildman–Crippen MR) is 94.1 cm³/mol. The molecule has 8 heteroatoms. The number of rotatable bonds is 7. The lowest BCUT2D eigenvalue weighted by Gasteiger charge is -2.23. The molecule has 0 heterocycles. The van der Waals surface area contributed by atoms with Gasteiger partial charge in [-0.25, -0.2) is 9.59 Å². The Morgan fingerprint density at radius 2 is 1.58 bits per heavy atom. The molecule has 2 atom stereocenters. The van der Waals surface area contributed by atoms with E-state index in [1.54, 1.807) is 27.7 Å². The van der Waals surface area contributed by atoms with E-state index in [2.05, 4.69) is 10.6 Å². The van der Waals surface area contributed by atoms with E-state index in [1.807, 2.05) is 13.8 Å². The number of ether oxygens (including phenoxy) is 2. The zero-order valence-corrected chi connectivity index (χ0v) is 16.4. The van der Waals surface area contributed by atoms with Crippen LogP contribution in [-0.2, 0) is 19.1 Å². The second-order valence-corrected chi connectivity index (χ2v) is 6.81. The van der Waals surface area contributed by atoms with Crippen molar-refractivity contribution >= 4 is 30.4 Å². The van der Waals surface area contributed by atoms with Gasteiger partial charge in [-0.05, 0) is 47.0 Å². The molecule has 0 bridgehead atoms. The monoisotopic (exact) mass is 366 g/mol. The van der Waals surface area contributed by atoms with E-state index in [1.165, 1.54) is 6.92 Å². The van der Waals surface area contributed by atoms with E-state index in [4.69, 9.17) is 9.47 Å². The summed E-state index contributed by atoms with van der Waals surface area (Å²) in [4.78, 5) is 35.7. The van der Waals surface area contributed by atoms with Crippen LogP contribution in [0.15, 0.2) is 0 Å². The standard InChI is InChI=1S/C16H30N2O5.ClH/c1-8-22-14(20)12(9-10(2)3)18-13(19)11(4)17-15(21)23-16(5,6)7;/h10-12H,8-9H2,1-7H3,(H,17,21)(H,18,19);1H/t11-,12+;/m1./s1. The number of hydrogen-bond donors (Lipinski definition) is 2. The molecule has 142 valence electrons. The minimum Gasteiger partial charge on any atom is -0.464 e. The van der Waals surface area contributed by atoms with Gasteiger partial charge in [-0.1, -0.05) is 13.8 Å². The molecule has 0 fully saturated rings. The number of hydrogen-bond acceptors (Lipinski definition) is 5. The molecule has 0 aromatic heterocycles. The first-order valence-electron chi connectivity index (χ1n) is 7.92. The quantitative estimate of drug-likeness (QED) is 0.675. The minimum atomic E-state index is -0.825. The van der Waals surface area contributed by atoms with E-state index >= 15 is 0 Å². The second kappa shape index (κ2) is 11.1. The Kier molecular flexibility index (Phi) is 11.5. The highest BCUT2D eigenvalue weighted by atomic mass is 35.5. The normalized spacial score (nSPS) is 13.3. The van der Waals surface area contributed by atoms with Crippen molar-refractivity contribution in [2.24, 2.45) is 5.92 Å². The van der Waals surface area contributed by atoms with Gasteiger partial charge < -0.3 is 20.1 Å². The van der Waals surface area contributed by atoms with Gasteiger partial charge in [0.2, 0.25) is 5.91 Å². The van der Waals surface area contributed by atoms with Crippen molar-refractivity contribution in [3.63, 3.8) is 0 Å². The molecule has 2 amide bonds. The molecule has 0 aromatic rings. The molecule has 0 saturated heterocycles. The van der Waals surface area contributed by atoms with Crippen molar-refractivity contribution in [2.75, 3.05) is 6.61 Å². The lowest BCUT2D eigenvalue weighted by Crippen LogP contribution is -2.51. The van der Waals surface area contributed by atoms with Crippen LogP contribution in [-0.4, -0.2) is 42.3 Å². The SMILES string of the molecule is CCOC(=O)[C@H](CC(C)C)NC(=O)[C@@H](C)NC(=O)OC(C)(C)C.Cl. The minimum absolute atomic E-state index is 0. The average Bonchev–Trinajstić information content (AvgIpc) is 2.34. The Hall–Kier alpha value is -1.50. The second-order valence-electron chi connectivity index (χ2n) is 6.81. The molecular weight excluding hydrogens is 336 g/mol. The van der Waals surface area contributed by atoms with Crippen LogP contribution in [0.2, 0.25) is 0 Å². The number of carbonyl (C=O) groups is 3. The third-order valence-electron chi connectivity index (χ3n) is 2.72. The Morgan fingerprint density at radius 3 is 2.00 bits per heavy atom. The maximum Gasteiger partial charge on any atom is 0.408 e. The lowest BCUT2D eigenvalue weighted by atomic mass is 10.0. The van der Waals surface area contributed by atoms with Gasteiger partial charge >= 0.3 is 12.1 Å². The van der Waals surface area contributed by atoms with E-state index < -0.39 is 35.7 Å². The summed E-state index contributed by atoms with van der Waals surface area (Å²) < 4.78 is 10.1. The van der Waals surface area contributed by atoms with Gasteiger partial charge in [0.15, 0.2) is 0 Å². The van der Waals surface area contributed by atoms with Crippen LogP contribution in [0, 0.1) is 5.92 Å². The zero-order chi connectivity index (χ0) is 18.2. The summed E-state index contributed by atoms with van der Waals surface area (Å²) in [6.07, 6.45) is -0.222. The van der Waals surface area contributed by atoms with Crippen LogP contribution < -0.4 is 10.6 Å². The Labute approximate surface area is 150 Å². The van der Waals surface area contributed by atoms with Gasteiger partial charge in [-0.3, -0.25) is 4.79 Å². The first-order chi connectivity index (χ1) is 10.5. The van der Waals surface area contributed by atoms with Crippen molar-refractivity contribution in [2.45, 2.75) is 72.6 Å². The highest BCUT2D eigenvalue weighted by molar-refractivity contribution is 5.89. The molecule has 0 radical (unpaired) electrons. The first kappa shape index (κ1) is 24.7. The fourth-order valence-electron chi connectivity index (χ4n) is 1.77. The number of carbonyl (C=O) groups excluding carboxylic acids is 3. The maximum absolute atomic E-state index is 12.2. The Balaban J connectivity index is 0. The van der Waals surface area contributed by atoms with Crippen molar-refractivity contribution in [3.05, 3.63) is 0 Å². The number of halogens is 1. The number of esters is 1. The summed E-state index contributed by atoms with van der Waals surface area (Å²) in [5.74, 6) is -0.729. The molecule has 0 saturated carbocycles. The number of amides is 2. The number of alkyl carbamates (subject to hydrolysis) is 1. The molecule has 0 aromatic carbocycles. The summed E-state index contributed by atoms with van der Waals surface area (Å²) >= 11 is 0. The summed E-state index contributed by atoms with van der Waals surface area (Å²) in [6, 6.07) is -1.56. The molecule has 7 nitrogen and oxygen atoms in total. The molecule has 0 aliphatic heterocycles. The Morgan fingerprint density at radius 1 is 1.04 bits per heavy atom. The van der Waals surface area contributed by atoms with Crippen LogP contribution in [0.3, 0.4) is 0 Å². The highest BCUT2D eigenvalue weighted by Gasteiger charge is 2.27. The summed E-state index contributed by atoms with van der Waals surface area (Å²) in [7, 11) is 0. The molecule has 24 heavy (non-hydrogen) atoms. The lowest BCUT2D eigenvalue weighted by molar-refractivity contribution is -0.148. The van der Waals surface area contributed by atoms with Gasteiger partial charge in [0.1, 0.15) is 17.7 Å². The van der Waals surface area contributed by atoms with Crippen molar-refractivity contribution in [3.8, 4) is 0 Å². The predicted octanol–water partition coefficient (Wildman–Crippen LogP) is 2.42. The van der Waals surface area contributed by atoms with E-state index in [-0.39, 0.29) is 24.9 Å². The van der Waals surface area contributed by atoms with Gasteiger partial charge in [-0.2, -0.15) is 0 Å². The average molecular weight is 367 g/mol. The molecular formula is C16H31ClN2O5. The smallest absolute Gasteiger partial charge is 0.408 e. The third-order valence-corrected chi connectivity index (χ3v) is 2.72. The van der Waals surface area contributed by atoms with Crippen LogP contribution in [0.5, 0.6) is 0 Å². The largest absolute Gasteiger partial charge is 0.464 e. The topological polar surface area (TPSA) is 93.7 Å². The molecule has 0 spiro atoms. The van der Waals surface area contributed by atoms with Crippen LogP contribution >= 0.6 is 12.4 Å². The van der Waals surface area contributed by atoms with Gasteiger partial charge in [0.25, 0.3) is 0 Å². The summed E-state index contributed by atoms with van der Waals surface area (Å²) in [5.41, 5.74) is -0.647. The van der Waals surface area contributed by atoms with Crippen LogP contribution in [0.25, 0.3) is 0 Å². The molecule has 0 aliphatic carbocycles. The number of nitrogens with one attached hydrogen (secondary N) is 2. The molecule has 0 rings (SSSR count). The van der Waals surface area contributed by atoms with Gasteiger partial charge in [-0.15, -0.1) is 12.4 Å². The molecule has 2 N–H and O–H groups in total. The van der Waals surface area contributed by atoms with Gasteiger partial charge in [0, 0.05) is 0 Å². The Bertz CT molecular complexity index is 421. The molecule has 0 aliphatic rings. The van der Waals surface area contributed by atoms with Crippen LogP contribution in [0.1, 0.15) is 54.9 Å².